The fourth-order valence-electron chi connectivity index (χ4n) is 1.63. The number of hydrogen-bond acceptors (Lipinski definition) is 3. The zero-order valence-electron chi connectivity index (χ0n) is 9.04. The summed E-state index contributed by atoms with van der Waals surface area (Å²) >= 11 is 0. The SMILES string of the molecule is CCOC(=O)c1cccc2n[nH]c(C(F)F)c12. The maximum atomic E-state index is 12.7. The molecule has 1 aromatic heterocycles. The van der Waals surface area contributed by atoms with Gasteiger partial charge < -0.3 is 4.74 Å². The summed E-state index contributed by atoms with van der Waals surface area (Å²) in [6.45, 7) is 1.85. The molecule has 0 aliphatic heterocycles. The maximum absolute atomic E-state index is 12.7. The molecular formula is C11H10F2N2O2. The van der Waals surface area contributed by atoms with Crippen molar-refractivity contribution in [2.24, 2.45) is 0 Å². The molecule has 90 valence electrons. The van der Waals surface area contributed by atoms with Gasteiger partial charge in [0, 0.05) is 5.39 Å². The van der Waals surface area contributed by atoms with Crippen LogP contribution in [0.4, 0.5) is 8.78 Å². The molecule has 0 atom stereocenters. The third-order valence-corrected chi connectivity index (χ3v) is 2.32. The van der Waals surface area contributed by atoms with Gasteiger partial charge in [-0.2, -0.15) is 5.10 Å². The van der Waals surface area contributed by atoms with Gasteiger partial charge in [-0.05, 0) is 19.1 Å². The van der Waals surface area contributed by atoms with Crippen LogP contribution in [0.5, 0.6) is 0 Å². The summed E-state index contributed by atoms with van der Waals surface area (Å²) in [7, 11) is 0. The van der Waals surface area contributed by atoms with Crippen LogP contribution in [0.3, 0.4) is 0 Å². The lowest BCUT2D eigenvalue weighted by Crippen LogP contribution is -2.05. The van der Waals surface area contributed by atoms with E-state index >= 15 is 0 Å². The highest BCUT2D eigenvalue weighted by Crippen LogP contribution is 2.28. The normalized spacial score (nSPS) is 11.1. The fraction of sp³-hybridized carbons (Fsp3) is 0.273. The number of ether oxygens (including phenoxy) is 1. The van der Waals surface area contributed by atoms with Gasteiger partial charge >= 0.3 is 5.97 Å². The zero-order chi connectivity index (χ0) is 12.4. The molecule has 17 heavy (non-hydrogen) atoms. The lowest BCUT2D eigenvalue weighted by Gasteiger charge is -2.04. The third kappa shape index (κ3) is 1.98. The molecule has 0 aliphatic rings. The van der Waals surface area contributed by atoms with E-state index in [9.17, 15) is 13.6 Å². The van der Waals surface area contributed by atoms with Gasteiger partial charge in [-0.1, -0.05) is 6.07 Å². The summed E-state index contributed by atoms with van der Waals surface area (Å²) in [5.74, 6) is -0.624. The van der Waals surface area contributed by atoms with Crippen LogP contribution in [0.25, 0.3) is 10.9 Å². The number of aromatic nitrogens is 2. The van der Waals surface area contributed by atoms with E-state index in [0.717, 1.165) is 0 Å². The number of aromatic amines is 1. The summed E-state index contributed by atoms with van der Waals surface area (Å²) in [5, 5.41) is 6.10. The third-order valence-electron chi connectivity index (χ3n) is 2.32. The van der Waals surface area contributed by atoms with E-state index in [1.165, 1.54) is 6.07 Å². The molecule has 0 radical (unpaired) electrons. The average molecular weight is 240 g/mol. The highest BCUT2D eigenvalue weighted by atomic mass is 19.3. The second-order valence-corrected chi connectivity index (χ2v) is 3.36. The van der Waals surface area contributed by atoms with Gasteiger partial charge in [0.05, 0.1) is 17.7 Å². The van der Waals surface area contributed by atoms with E-state index in [1.807, 2.05) is 0 Å². The van der Waals surface area contributed by atoms with Gasteiger partial charge in [0.2, 0.25) is 0 Å². The van der Waals surface area contributed by atoms with Crippen molar-refractivity contribution in [1.82, 2.24) is 10.2 Å². The Bertz CT molecular complexity index is 551. The number of esters is 1. The average Bonchev–Trinajstić information content (AvgIpc) is 2.72. The van der Waals surface area contributed by atoms with E-state index in [4.69, 9.17) is 4.74 Å². The van der Waals surface area contributed by atoms with E-state index in [2.05, 4.69) is 10.2 Å². The zero-order valence-corrected chi connectivity index (χ0v) is 9.04. The topological polar surface area (TPSA) is 55.0 Å². The van der Waals surface area contributed by atoms with Crippen LogP contribution in [0.1, 0.15) is 29.4 Å². The minimum absolute atomic E-state index is 0.105. The van der Waals surface area contributed by atoms with E-state index < -0.39 is 12.4 Å². The van der Waals surface area contributed by atoms with E-state index in [1.54, 1.807) is 19.1 Å². The Balaban J connectivity index is 2.62. The van der Waals surface area contributed by atoms with E-state index in [0.29, 0.717) is 5.52 Å². The predicted octanol–water partition coefficient (Wildman–Crippen LogP) is 2.68. The number of halogens is 2. The maximum Gasteiger partial charge on any atom is 0.338 e. The molecule has 1 N–H and O–H groups in total. The number of rotatable bonds is 3. The van der Waals surface area contributed by atoms with Gasteiger partial charge in [-0.25, -0.2) is 13.6 Å². The molecule has 0 amide bonds. The molecule has 1 aromatic carbocycles. The summed E-state index contributed by atoms with van der Waals surface area (Å²) < 4.78 is 30.3. The Morgan fingerprint density at radius 1 is 1.53 bits per heavy atom. The highest BCUT2D eigenvalue weighted by Gasteiger charge is 2.21. The van der Waals surface area contributed by atoms with Gasteiger partial charge in [0.25, 0.3) is 6.43 Å². The Labute approximate surface area is 95.6 Å². The van der Waals surface area contributed by atoms with Crippen molar-refractivity contribution < 1.29 is 18.3 Å². The second kappa shape index (κ2) is 4.48. The van der Waals surface area contributed by atoms with Gasteiger partial charge in [-0.15, -0.1) is 0 Å². The number of fused-ring (bicyclic) bond motifs is 1. The van der Waals surface area contributed by atoms with Crippen LogP contribution in [-0.2, 0) is 4.74 Å². The number of nitrogens with zero attached hydrogens (tertiary/aromatic N) is 1. The molecule has 2 rings (SSSR count). The minimum Gasteiger partial charge on any atom is -0.462 e. The molecule has 0 aliphatic carbocycles. The van der Waals surface area contributed by atoms with Crippen molar-refractivity contribution in [3.05, 3.63) is 29.5 Å². The molecule has 1 heterocycles. The van der Waals surface area contributed by atoms with Crippen molar-refractivity contribution >= 4 is 16.9 Å². The quantitative estimate of drug-likeness (QED) is 0.839. The second-order valence-electron chi connectivity index (χ2n) is 3.36. The Hall–Kier alpha value is -1.98. The molecule has 2 aromatic rings. The fourth-order valence-corrected chi connectivity index (χ4v) is 1.63. The Kier molecular flexibility index (Phi) is 3.03. The number of benzene rings is 1. The van der Waals surface area contributed by atoms with Crippen LogP contribution in [0.15, 0.2) is 18.2 Å². The Morgan fingerprint density at radius 2 is 2.29 bits per heavy atom. The number of carbonyl (C=O) groups excluding carboxylic acids is 1. The molecule has 6 heteroatoms. The standard InChI is InChI=1S/C11H10F2N2O2/c1-2-17-11(16)6-4-3-5-7-8(6)9(10(12)13)15-14-7/h3-5,10H,2H2,1H3,(H,14,15). The predicted molar refractivity (Wildman–Crippen MR) is 57.0 cm³/mol. The van der Waals surface area contributed by atoms with Crippen LogP contribution in [0, 0.1) is 0 Å². The number of nitrogens with one attached hydrogen (secondary N) is 1. The first kappa shape index (κ1) is 11.5. The lowest BCUT2D eigenvalue weighted by atomic mass is 10.1. The molecule has 4 nitrogen and oxygen atoms in total. The van der Waals surface area contributed by atoms with Crippen LogP contribution in [0.2, 0.25) is 0 Å². The van der Waals surface area contributed by atoms with Crippen LogP contribution >= 0.6 is 0 Å². The molecule has 0 unspecified atom stereocenters. The van der Waals surface area contributed by atoms with Crippen molar-refractivity contribution in [2.45, 2.75) is 13.3 Å². The number of hydrogen-bond donors (Lipinski definition) is 1. The first-order valence-electron chi connectivity index (χ1n) is 5.07. The number of carbonyl (C=O) groups is 1. The summed E-state index contributed by atoms with van der Waals surface area (Å²) in [5.41, 5.74) is 0.0721. The van der Waals surface area contributed by atoms with Gasteiger partial charge in [0.1, 0.15) is 5.69 Å². The van der Waals surface area contributed by atoms with Crippen LogP contribution in [-0.4, -0.2) is 22.8 Å². The van der Waals surface area contributed by atoms with Crippen molar-refractivity contribution in [3.63, 3.8) is 0 Å². The molecule has 0 fully saturated rings. The summed E-state index contributed by atoms with van der Waals surface area (Å²) in [6, 6.07) is 4.58. The van der Waals surface area contributed by atoms with Crippen molar-refractivity contribution in [3.8, 4) is 0 Å². The number of H-pyrrole nitrogens is 1. The van der Waals surface area contributed by atoms with E-state index in [-0.39, 0.29) is 23.3 Å². The minimum atomic E-state index is -2.71. The van der Waals surface area contributed by atoms with Crippen molar-refractivity contribution in [2.75, 3.05) is 6.61 Å². The molecule has 0 spiro atoms. The van der Waals surface area contributed by atoms with Crippen LogP contribution < -0.4 is 0 Å². The number of alkyl halides is 2. The largest absolute Gasteiger partial charge is 0.462 e. The van der Waals surface area contributed by atoms with Gasteiger partial charge in [-0.3, -0.25) is 5.10 Å². The monoisotopic (exact) mass is 240 g/mol. The molecule has 0 bridgehead atoms. The lowest BCUT2D eigenvalue weighted by molar-refractivity contribution is 0.0528. The molecule has 0 saturated carbocycles. The highest BCUT2D eigenvalue weighted by molar-refractivity contribution is 6.04. The molecule has 0 saturated heterocycles. The summed E-state index contributed by atoms with van der Waals surface area (Å²) in [4.78, 5) is 11.6. The smallest absolute Gasteiger partial charge is 0.338 e. The summed E-state index contributed by atoms with van der Waals surface area (Å²) in [6.07, 6.45) is -2.71. The first-order valence-corrected chi connectivity index (χ1v) is 5.07. The molecular weight excluding hydrogens is 230 g/mol. The Morgan fingerprint density at radius 3 is 2.94 bits per heavy atom. The first-order chi connectivity index (χ1) is 8.15. The van der Waals surface area contributed by atoms with Crippen molar-refractivity contribution in [1.29, 1.82) is 0 Å². The van der Waals surface area contributed by atoms with Gasteiger partial charge in [0.15, 0.2) is 0 Å².